The van der Waals surface area contributed by atoms with E-state index in [0.717, 1.165) is 32.1 Å². The molecule has 0 N–H and O–H groups in total. The monoisotopic (exact) mass is 987 g/mol. The minimum absolute atomic E-state index is 0.0943. The van der Waals surface area contributed by atoms with Gasteiger partial charge in [0.1, 0.15) is 6.61 Å². The third-order valence-corrected chi connectivity index (χ3v) is 14.8. The van der Waals surface area contributed by atoms with Gasteiger partial charge >= 0.3 is 11.9 Å². The van der Waals surface area contributed by atoms with Gasteiger partial charge in [0.05, 0.1) is 6.61 Å². The average Bonchev–Trinajstić information content (AvgIpc) is 3.36. The molecule has 0 aromatic carbocycles. The summed E-state index contributed by atoms with van der Waals surface area (Å²) in [4.78, 5) is 25.6. The van der Waals surface area contributed by atoms with Gasteiger partial charge in [-0.1, -0.05) is 322 Å². The molecular weight excluding hydrogens is 861 g/mol. The van der Waals surface area contributed by atoms with Crippen molar-refractivity contribution in [2.24, 2.45) is 0 Å². The third-order valence-electron chi connectivity index (χ3n) is 14.8. The first-order valence-electron chi connectivity index (χ1n) is 32.2. The van der Waals surface area contributed by atoms with Gasteiger partial charge < -0.3 is 14.2 Å². The molecule has 1 atom stereocenters. The van der Waals surface area contributed by atoms with Crippen LogP contribution in [0.1, 0.15) is 367 Å². The zero-order valence-corrected chi connectivity index (χ0v) is 48.1. The quantitative estimate of drug-likeness (QED) is 0.0345. The van der Waals surface area contributed by atoms with Gasteiger partial charge in [-0.15, -0.1) is 0 Å². The molecular formula is C65H126O5. The van der Waals surface area contributed by atoms with Crippen LogP contribution in [0.15, 0.2) is 12.2 Å². The van der Waals surface area contributed by atoms with E-state index in [1.807, 2.05) is 0 Å². The zero-order chi connectivity index (χ0) is 50.6. The van der Waals surface area contributed by atoms with Gasteiger partial charge in [-0.05, 0) is 44.9 Å². The lowest BCUT2D eigenvalue weighted by Crippen LogP contribution is -2.30. The number of esters is 2. The average molecular weight is 988 g/mol. The van der Waals surface area contributed by atoms with Gasteiger partial charge in [0.2, 0.25) is 0 Å². The molecule has 416 valence electrons. The largest absolute Gasteiger partial charge is 0.462 e. The first-order chi connectivity index (χ1) is 34.6. The van der Waals surface area contributed by atoms with Gasteiger partial charge in [0, 0.05) is 19.4 Å². The van der Waals surface area contributed by atoms with E-state index in [2.05, 4.69) is 32.9 Å². The number of hydrogen-bond acceptors (Lipinski definition) is 5. The van der Waals surface area contributed by atoms with E-state index in [1.54, 1.807) is 0 Å². The van der Waals surface area contributed by atoms with Crippen molar-refractivity contribution in [1.29, 1.82) is 0 Å². The van der Waals surface area contributed by atoms with Crippen LogP contribution in [0.3, 0.4) is 0 Å². The van der Waals surface area contributed by atoms with Crippen molar-refractivity contribution < 1.29 is 23.8 Å². The van der Waals surface area contributed by atoms with Crippen LogP contribution in [-0.4, -0.2) is 37.9 Å². The number of carbonyl (C=O) groups is 2. The van der Waals surface area contributed by atoms with Gasteiger partial charge in [-0.3, -0.25) is 9.59 Å². The highest BCUT2D eigenvalue weighted by Crippen LogP contribution is 2.18. The number of allylic oxidation sites excluding steroid dienone is 2. The Morgan fingerprint density at radius 2 is 0.557 bits per heavy atom. The van der Waals surface area contributed by atoms with Crippen molar-refractivity contribution in [3.8, 4) is 0 Å². The van der Waals surface area contributed by atoms with Crippen molar-refractivity contribution in [3.05, 3.63) is 12.2 Å². The molecule has 70 heavy (non-hydrogen) atoms. The van der Waals surface area contributed by atoms with E-state index >= 15 is 0 Å². The van der Waals surface area contributed by atoms with Crippen LogP contribution >= 0.6 is 0 Å². The standard InChI is InChI=1S/C65H126O5/c1-4-7-10-13-16-19-22-25-28-31-33-35-37-40-43-46-49-52-55-58-64(66)69-62-63(61-68-60-57-54-51-48-45-42-39-36-32-29-26-23-20-17-14-11-8-5-2)70-65(67)59-56-53-50-47-44-41-38-34-30-27-24-21-18-15-12-9-6-3/h27,30,63H,4-26,28-29,31-62H2,1-3H3/b30-27-. The fourth-order valence-corrected chi connectivity index (χ4v) is 9.98. The minimum Gasteiger partial charge on any atom is -0.462 e. The molecule has 1 unspecified atom stereocenters. The Kier molecular flexibility index (Phi) is 60.7. The van der Waals surface area contributed by atoms with E-state index in [0.29, 0.717) is 26.1 Å². The highest BCUT2D eigenvalue weighted by Gasteiger charge is 2.18. The normalized spacial score (nSPS) is 12.1. The maximum Gasteiger partial charge on any atom is 0.306 e. The van der Waals surface area contributed by atoms with Crippen LogP contribution in [0.2, 0.25) is 0 Å². The molecule has 0 aliphatic carbocycles. The second-order valence-corrected chi connectivity index (χ2v) is 22.0. The summed E-state index contributed by atoms with van der Waals surface area (Å²) in [5, 5.41) is 0. The summed E-state index contributed by atoms with van der Waals surface area (Å²) in [6, 6.07) is 0. The zero-order valence-electron chi connectivity index (χ0n) is 48.1. The predicted molar refractivity (Wildman–Crippen MR) is 307 cm³/mol. The topological polar surface area (TPSA) is 61.8 Å². The third kappa shape index (κ3) is 59.2. The summed E-state index contributed by atoms with van der Waals surface area (Å²) in [5.41, 5.74) is 0. The van der Waals surface area contributed by atoms with Crippen LogP contribution in [0.25, 0.3) is 0 Å². The molecule has 5 heteroatoms. The summed E-state index contributed by atoms with van der Waals surface area (Å²) in [5.74, 6) is -0.370. The summed E-state index contributed by atoms with van der Waals surface area (Å²) < 4.78 is 17.6. The first kappa shape index (κ1) is 68.6. The highest BCUT2D eigenvalue weighted by atomic mass is 16.6. The number of carbonyl (C=O) groups excluding carboxylic acids is 2. The Labute approximate surface area is 439 Å². The Balaban J connectivity index is 4.20. The summed E-state index contributed by atoms with van der Waals surface area (Å²) in [7, 11) is 0. The molecule has 0 saturated carbocycles. The van der Waals surface area contributed by atoms with Crippen LogP contribution in [0.4, 0.5) is 0 Å². The molecule has 0 rings (SSSR count). The predicted octanol–water partition coefficient (Wildman–Crippen LogP) is 22.1. The molecule has 0 spiro atoms. The summed E-state index contributed by atoms with van der Waals surface area (Å²) in [6.45, 7) is 7.92. The van der Waals surface area contributed by atoms with Gasteiger partial charge in [0.25, 0.3) is 0 Å². The Morgan fingerprint density at radius 3 is 0.871 bits per heavy atom. The Bertz CT molecular complexity index is 1030. The molecule has 0 aromatic rings. The van der Waals surface area contributed by atoms with E-state index in [4.69, 9.17) is 14.2 Å². The molecule has 0 fully saturated rings. The molecule has 0 amide bonds. The van der Waals surface area contributed by atoms with Crippen molar-refractivity contribution in [3.63, 3.8) is 0 Å². The van der Waals surface area contributed by atoms with E-state index < -0.39 is 6.10 Å². The second kappa shape index (κ2) is 61.9. The van der Waals surface area contributed by atoms with Crippen LogP contribution in [-0.2, 0) is 23.8 Å². The molecule has 0 radical (unpaired) electrons. The molecule has 0 aromatic heterocycles. The number of hydrogen-bond donors (Lipinski definition) is 0. The van der Waals surface area contributed by atoms with Crippen molar-refractivity contribution in [2.45, 2.75) is 374 Å². The maximum atomic E-state index is 12.9. The Morgan fingerprint density at radius 1 is 0.300 bits per heavy atom. The lowest BCUT2D eigenvalue weighted by Gasteiger charge is -2.18. The minimum atomic E-state index is -0.531. The van der Waals surface area contributed by atoms with Crippen molar-refractivity contribution in [2.75, 3.05) is 19.8 Å². The lowest BCUT2D eigenvalue weighted by molar-refractivity contribution is -0.163. The van der Waals surface area contributed by atoms with Gasteiger partial charge in [-0.25, -0.2) is 0 Å². The first-order valence-corrected chi connectivity index (χ1v) is 32.2. The number of unbranched alkanes of at least 4 members (excludes halogenated alkanes) is 48. The smallest absolute Gasteiger partial charge is 0.306 e. The molecule has 0 aliphatic heterocycles. The number of rotatable bonds is 61. The Hall–Kier alpha value is -1.36. The summed E-state index contributed by atoms with van der Waals surface area (Å²) in [6.07, 6.45) is 73.9. The summed E-state index contributed by atoms with van der Waals surface area (Å²) >= 11 is 0. The van der Waals surface area contributed by atoms with Gasteiger partial charge in [0.15, 0.2) is 6.10 Å². The SMILES string of the molecule is CCCCCCCC/C=C\CCCCCCCCCC(=O)OC(COCCCCCCCCCCCCCCCCCCCC)COC(=O)CCCCCCCCCCCCCCCCCCCCC. The lowest BCUT2D eigenvalue weighted by atomic mass is 10.0. The molecule has 0 aliphatic rings. The van der Waals surface area contributed by atoms with E-state index in [1.165, 1.54) is 302 Å². The highest BCUT2D eigenvalue weighted by molar-refractivity contribution is 5.70. The molecule has 0 bridgehead atoms. The van der Waals surface area contributed by atoms with Crippen molar-refractivity contribution in [1.82, 2.24) is 0 Å². The second-order valence-electron chi connectivity index (χ2n) is 22.0. The molecule has 0 heterocycles. The van der Waals surface area contributed by atoms with E-state index in [-0.39, 0.29) is 18.5 Å². The van der Waals surface area contributed by atoms with Crippen molar-refractivity contribution >= 4 is 11.9 Å². The van der Waals surface area contributed by atoms with E-state index in [9.17, 15) is 9.59 Å². The molecule has 0 saturated heterocycles. The van der Waals surface area contributed by atoms with Gasteiger partial charge in [-0.2, -0.15) is 0 Å². The molecule has 5 nitrogen and oxygen atoms in total. The van der Waals surface area contributed by atoms with Crippen LogP contribution in [0.5, 0.6) is 0 Å². The fourth-order valence-electron chi connectivity index (χ4n) is 9.98. The van der Waals surface area contributed by atoms with Crippen LogP contribution in [0, 0.1) is 0 Å². The fraction of sp³-hybridized carbons (Fsp3) is 0.938. The number of ether oxygens (including phenoxy) is 3. The van der Waals surface area contributed by atoms with Crippen LogP contribution < -0.4 is 0 Å². The maximum absolute atomic E-state index is 12.9.